The normalized spacial score (nSPS) is 10.4. The molecule has 3 aromatic rings. The van der Waals surface area contributed by atoms with E-state index in [0.717, 1.165) is 17.7 Å². The maximum absolute atomic E-state index is 14.0. The van der Waals surface area contributed by atoms with Gasteiger partial charge in [0.2, 0.25) is 0 Å². The van der Waals surface area contributed by atoms with Crippen LogP contribution in [0.15, 0.2) is 66.7 Å². The number of nitro benzene ring substituents is 1. The Kier molecular flexibility index (Phi) is 5.64. The lowest BCUT2D eigenvalue weighted by Crippen LogP contribution is -2.02. The molecule has 0 aliphatic carbocycles. The first-order valence-electron chi connectivity index (χ1n) is 8.37. The van der Waals surface area contributed by atoms with Crippen LogP contribution in [-0.2, 0) is 6.61 Å². The van der Waals surface area contributed by atoms with Crippen LogP contribution in [0.4, 0.5) is 10.1 Å². The van der Waals surface area contributed by atoms with E-state index >= 15 is 0 Å². The summed E-state index contributed by atoms with van der Waals surface area (Å²) in [5.41, 5.74) is 0.861. The van der Waals surface area contributed by atoms with Gasteiger partial charge in [0, 0.05) is 6.07 Å². The van der Waals surface area contributed by atoms with Crippen LogP contribution < -0.4 is 9.47 Å². The van der Waals surface area contributed by atoms with Gasteiger partial charge in [0.25, 0.3) is 5.69 Å². The molecule has 0 bridgehead atoms. The quantitative estimate of drug-likeness (QED) is 0.315. The number of carbonyl (C=O) groups is 1. The second-order valence-corrected chi connectivity index (χ2v) is 5.96. The van der Waals surface area contributed by atoms with Crippen molar-refractivity contribution in [2.24, 2.45) is 0 Å². The number of nitrogens with zero attached hydrogens (tertiary/aromatic N) is 1. The molecule has 0 unspecified atom stereocenters. The molecule has 0 saturated carbocycles. The molecular weight excluding hydrogens is 365 g/mol. The van der Waals surface area contributed by atoms with Crippen LogP contribution in [0.25, 0.3) is 0 Å². The lowest BCUT2D eigenvalue weighted by molar-refractivity contribution is -0.385. The summed E-state index contributed by atoms with van der Waals surface area (Å²) in [5, 5.41) is 10.7. The van der Waals surface area contributed by atoms with Gasteiger partial charge in [-0.2, -0.15) is 0 Å². The summed E-state index contributed by atoms with van der Waals surface area (Å²) in [4.78, 5) is 22.0. The van der Waals surface area contributed by atoms with E-state index in [-0.39, 0.29) is 35.1 Å². The number of ketones is 1. The average Bonchev–Trinajstić information content (AvgIpc) is 2.69. The molecule has 142 valence electrons. The molecule has 0 saturated heterocycles. The summed E-state index contributed by atoms with van der Waals surface area (Å²) >= 11 is 0. The summed E-state index contributed by atoms with van der Waals surface area (Å²) < 4.78 is 25.2. The molecular formula is C21H16FNO5. The van der Waals surface area contributed by atoms with Gasteiger partial charge < -0.3 is 9.47 Å². The van der Waals surface area contributed by atoms with E-state index in [0.29, 0.717) is 5.75 Å². The van der Waals surface area contributed by atoms with Crippen molar-refractivity contribution in [1.82, 2.24) is 0 Å². The van der Waals surface area contributed by atoms with E-state index in [2.05, 4.69) is 0 Å². The number of ether oxygens (including phenoxy) is 2. The van der Waals surface area contributed by atoms with Crippen molar-refractivity contribution in [2.45, 2.75) is 13.5 Å². The molecule has 28 heavy (non-hydrogen) atoms. The van der Waals surface area contributed by atoms with Gasteiger partial charge in [0.05, 0.1) is 16.6 Å². The summed E-state index contributed by atoms with van der Waals surface area (Å²) in [6, 6.07) is 17.1. The number of halogens is 1. The minimum atomic E-state index is -0.872. The number of rotatable bonds is 7. The van der Waals surface area contributed by atoms with Crippen molar-refractivity contribution in [2.75, 3.05) is 0 Å². The van der Waals surface area contributed by atoms with Crippen molar-refractivity contribution in [3.8, 4) is 17.2 Å². The van der Waals surface area contributed by atoms with Gasteiger partial charge in [-0.1, -0.05) is 30.3 Å². The molecule has 0 fully saturated rings. The third kappa shape index (κ3) is 4.50. The van der Waals surface area contributed by atoms with E-state index in [4.69, 9.17) is 9.47 Å². The third-order valence-corrected chi connectivity index (χ3v) is 3.92. The van der Waals surface area contributed by atoms with E-state index in [1.165, 1.54) is 25.1 Å². The fraction of sp³-hybridized carbons (Fsp3) is 0.0952. The predicted molar refractivity (Wildman–Crippen MR) is 100 cm³/mol. The second-order valence-electron chi connectivity index (χ2n) is 5.96. The molecule has 6 nitrogen and oxygen atoms in total. The Morgan fingerprint density at radius 3 is 2.39 bits per heavy atom. The van der Waals surface area contributed by atoms with Crippen LogP contribution in [0.5, 0.6) is 17.2 Å². The molecule has 3 aromatic carbocycles. The SMILES string of the molecule is CC(=O)c1cc(Oc2ccc([N+](=O)[O-])cc2F)ccc1OCc1ccccc1. The maximum Gasteiger partial charge on any atom is 0.272 e. The molecule has 0 aliphatic heterocycles. The summed E-state index contributed by atoms with van der Waals surface area (Å²) in [6.07, 6.45) is 0. The molecule has 3 rings (SSSR count). The second kappa shape index (κ2) is 8.30. The lowest BCUT2D eigenvalue weighted by Gasteiger charge is -2.12. The monoisotopic (exact) mass is 381 g/mol. The number of carbonyl (C=O) groups excluding carboxylic acids is 1. The van der Waals surface area contributed by atoms with Crippen LogP contribution in [-0.4, -0.2) is 10.7 Å². The molecule has 0 aromatic heterocycles. The van der Waals surface area contributed by atoms with E-state index in [1.807, 2.05) is 30.3 Å². The zero-order chi connectivity index (χ0) is 20.1. The molecule has 0 heterocycles. The average molecular weight is 381 g/mol. The molecule has 7 heteroatoms. The first-order chi connectivity index (χ1) is 13.4. The van der Waals surface area contributed by atoms with Crippen LogP contribution >= 0.6 is 0 Å². The Balaban J connectivity index is 1.81. The number of hydrogen-bond acceptors (Lipinski definition) is 5. The highest BCUT2D eigenvalue weighted by Gasteiger charge is 2.15. The zero-order valence-corrected chi connectivity index (χ0v) is 14.9. The molecule has 0 spiro atoms. The van der Waals surface area contributed by atoms with E-state index in [1.54, 1.807) is 6.07 Å². The zero-order valence-electron chi connectivity index (χ0n) is 14.9. The summed E-state index contributed by atoms with van der Waals surface area (Å²) in [6.45, 7) is 1.68. The van der Waals surface area contributed by atoms with Crippen molar-refractivity contribution >= 4 is 11.5 Å². The minimum Gasteiger partial charge on any atom is -0.488 e. The molecule has 0 radical (unpaired) electrons. The molecule has 0 amide bonds. The van der Waals surface area contributed by atoms with Crippen molar-refractivity contribution in [3.63, 3.8) is 0 Å². The first-order valence-corrected chi connectivity index (χ1v) is 8.37. The highest BCUT2D eigenvalue weighted by Crippen LogP contribution is 2.31. The predicted octanol–water partition coefficient (Wildman–Crippen LogP) is 5.31. The Morgan fingerprint density at radius 1 is 1.04 bits per heavy atom. The van der Waals surface area contributed by atoms with E-state index in [9.17, 15) is 19.3 Å². The van der Waals surface area contributed by atoms with Gasteiger partial charge in [-0.3, -0.25) is 14.9 Å². The van der Waals surface area contributed by atoms with Crippen LogP contribution in [0.2, 0.25) is 0 Å². The number of nitro groups is 1. The Bertz CT molecular complexity index is 1020. The Hall–Kier alpha value is -3.74. The van der Waals surface area contributed by atoms with E-state index < -0.39 is 10.7 Å². The summed E-state index contributed by atoms with van der Waals surface area (Å²) in [7, 11) is 0. The Morgan fingerprint density at radius 2 is 1.75 bits per heavy atom. The Labute approximate surface area is 160 Å². The number of hydrogen-bond donors (Lipinski definition) is 0. The standard InChI is InChI=1S/C21H16FNO5/c1-14(24)18-12-17(28-21-9-7-16(23(25)26)11-19(21)22)8-10-20(18)27-13-15-5-3-2-4-6-15/h2-12H,13H2,1H3. The number of non-ortho nitro benzene ring substituents is 1. The number of benzene rings is 3. The van der Waals surface area contributed by atoms with Gasteiger partial charge in [0.15, 0.2) is 17.3 Å². The van der Waals surface area contributed by atoms with Crippen molar-refractivity contribution in [1.29, 1.82) is 0 Å². The van der Waals surface area contributed by atoms with Gasteiger partial charge in [-0.05, 0) is 36.8 Å². The van der Waals surface area contributed by atoms with Gasteiger partial charge in [0.1, 0.15) is 18.1 Å². The fourth-order valence-electron chi connectivity index (χ4n) is 2.52. The van der Waals surface area contributed by atoms with Crippen molar-refractivity contribution < 1.29 is 23.6 Å². The van der Waals surface area contributed by atoms with Gasteiger partial charge in [-0.25, -0.2) is 4.39 Å². The maximum atomic E-state index is 14.0. The molecule has 0 N–H and O–H groups in total. The fourth-order valence-corrected chi connectivity index (χ4v) is 2.52. The molecule has 0 aliphatic rings. The highest BCUT2D eigenvalue weighted by molar-refractivity contribution is 5.97. The van der Waals surface area contributed by atoms with Gasteiger partial charge in [-0.15, -0.1) is 0 Å². The third-order valence-electron chi connectivity index (χ3n) is 3.92. The first kappa shape index (κ1) is 19.0. The number of Topliss-reactive ketones (excluding diaryl/α,β-unsaturated/α-hetero) is 1. The largest absolute Gasteiger partial charge is 0.488 e. The highest BCUT2D eigenvalue weighted by atomic mass is 19.1. The minimum absolute atomic E-state index is 0.182. The van der Waals surface area contributed by atoms with Crippen LogP contribution in [0.1, 0.15) is 22.8 Å². The van der Waals surface area contributed by atoms with Crippen molar-refractivity contribution in [3.05, 3.63) is 93.8 Å². The van der Waals surface area contributed by atoms with Crippen LogP contribution in [0, 0.1) is 15.9 Å². The topological polar surface area (TPSA) is 78.7 Å². The van der Waals surface area contributed by atoms with Gasteiger partial charge >= 0.3 is 0 Å². The smallest absolute Gasteiger partial charge is 0.272 e. The molecule has 0 atom stereocenters. The summed E-state index contributed by atoms with van der Waals surface area (Å²) in [5.74, 6) is -0.698. The lowest BCUT2D eigenvalue weighted by atomic mass is 10.1. The van der Waals surface area contributed by atoms with Crippen LogP contribution in [0.3, 0.4) is 0 Å².